The second-order valence-electron chi connectivity index (χ2n) is 26.1. The molecule has 2 saturated heterocycles. The first-order valence-electron chi connectivity index (χ1n) is 36.7. The summed E-state index contributed by atoms with van der Waals surface area (Å²) in [5, 5.41) is 87.5. The summed E-state index contributed by atoms with van der Waals surface area (Å²) in [5.41, 5.74) is 0. The lowest BCUT2D eigenvalue weighted by molar-refractivity contribution is -0.359. The van der Waals surface area contributed by atoms with Crippen LogP contribution in [0, 0.1) is 0 Å². The Hall–Kier alpha value is -1.79. The topological polar surface area (TPSA) is 228 Å². The molecule has 12 atom stereocenters. The molecule has 0 aromatic rings. The second kappa shape index (κ2) is 58.1. The van der Waals surface area contributed by atoms with Gasteiger partial charge in [0.05, 0.1) is 32.0 Å². The van der Waals surface area contributed by atoms with Gasteiger partial charge in [0.2, 0.25) is 5.91 Å². The van der Waals surface area contributed by atoms with E-state index in [0.29, 0.717) is 12.8 Å². The minimum Gasteiger partial charge on any atom is -0.394 e. The normalized spacial score (nSPS) is 23.4. The SMILES string of the molecule is CCCCCCCCCCCCCCCCCCCCC/C=C/CC/C=C/CC/C=C/C(O)C(COC1OC(CO)C(OC2OC(CO)C(O)C(O)C2O)C(O)C1O)NC(=O)CCCCCCCCCCCCCCCCCCCCCCCCCC. The number of hydrogen-bond donors (Lipinski definition) is 9. The van der Waals surface area contributed by atoms with E-state index in [1.807, 2.05) is 6.08 Å². The molecule has 0 spiro atoms. The quantitative estimate of drug-likeness (QED) is 0.0204. The fraction of sp³-hybridized carbons (Fsp3) is 0.904. The van der Waals surface area contributed by atoms with Gasteiger partial charge in [0.25, 0.3) is 0 Å². The van der Waals surface area contributed by atoms with Crippen molar-refractivity contribution in [3.63, 3.8) is 0 Å². The number of allylic oxidation sites excluding steroid dienone is 5. The summed E-state index contributed by atoms with van der Waals surface area (Å²) in [7, 11) is 0. The van der Waals surface area contributed by atoms with E-state index in [2.05, 4.69) is 43.5 Å². The third-order valence-electron chi connectivity index (χ3n) is 18.1. The molecular weight excluding hydrogens is 1100 g/mol. The summed E-state index contributed by atoms with van der Waals surface area (Å²) in [4.78, 5) is 13.3. The van der Waals surface area contributed by atoms with Gasteiger partial charge in [-0.15, -0.1) is 0 Å². The zero-order valence-corrected chi connectivity index (χ0v) is 55.8. The first kappa shape index (κ1) is 81.3. The standard InChI is InChI=1S/C73H137NO13/c1-3-5-7-9-11-13-15-17-19-21-23-25-27-29-30-31-32-33-34-36-38-40-42-44-46-48-50-52-54-56-62(77)61(60-84-72-70(83)68(81)71(64(59-76)86-72)87-73-69(82)67(80)66(79)63(58-75)85-73)74-65(78)57-55-53-51-49-47-45-43-41-39-37-35-28-26-24-22-20-18-16-14-12-10-8-6-4-2/h38,40,46,48,54,56,61-64,66-73,75-77,79-83H,3-37,39,41-45,47,49-53,55,57-60H2,1-2H3,(H,74,78)/b40-38+,48-46+,56-54+. The number of ether oxygens (including phenoxy) is 4. The highest BCUT2D eigenvalue weighted by Crippen LogP contribution is 2.30. The van der Waals surface area contributed by atoms with Crippen molar-refractivity contribution in [2.24, 2.45) is 0 Å². The van der Waals surface area contributed by atoms with E-state index >= 15 is 0 Å². The maximum atomic E-state index is 13.3. The molecule has 87 heavy (non-hydrogen) atoms. The van der Waals surface area contributed by atoms with E-state index in [9.17, 15) is 45.6 Å². The number of aliphatic hydroxyl groups is 8. The molecule has 0 bridgehead atoms. The van der Waals surface area contributed by atoms with Crippen LogP contribution in [0.15, 0.2) is 36.5 Å². The van der Waals surface area contributed by atoms with E-state index < -0.39 is 86.8 Å². The van der Waals surface area contributed by atoms with Crippen LogP contribution < -0.4 is 5.32 Å². The number of hydrogen-bond acceptors (Lipinski definition) is 13. The average molecular weight is 1240 g/mol. The van der Waals surface area contributed by atoms with E-state index in [1.165, 1.54) is 250 Å². The minimum absolute atomic E-state index is 0.246. The van der Waals surface area contributed by atoms with Gasteiger partial charge in [-0.25, -0.2) is 0 Å². The molecule has 12 unspecified atom stereocenters. The van der Waals surface area contributed by atoms with Crippen LogP contribution in [0.25, 0.3) is 0 Å². The zero-order valence-electron chi connectivity index (χ0n) is 55.8. The van der Waals surface area contributed by atoms with Gasteiger partial charge in [-0.1, -0.05) is 314 Å². The van der Waals surface area contributed by atoms with Crippen molar-refractivity contribution in [3.05, 3.63) is 36.5 Å². The highest BCUT2D eigenvalue weighted by atomic mass is 16.7. The third kappa shape index (κ3) is 42.1. The van der Waals surface area contributed by atoms with Crippen LogP contribution in [0.5, 0.6) is 0 Å². The fourth-order valence-corrected chi connectivity index (χ4v) is 12.2. The van der Waals surface area contributed by atoms with Gasteiger partial charge in [-0.3, -0.25) is 4.79 Å². The summed E-state index contributed by atoms with van der Waals surface area (Å²) in [6, 6.07) is -0.937. The lowest BCUT2D eigenvalue weighted by Crippen LogP contribution is -2.65. The van der Waals surface area contributed by atoms with Crippen LogP contribution in [0.4, 0.5) is 0 Å². The number of carbonyl (C=O) groups excluding carboxylic acids is 1. The number of unbranched alkanes of at least 4 members (excludes halogenated alkanes) is 44. The maximum absolute atomic E-state index is 13.3. The average Bonchev–Trinajstić information content (AvgIpc) is 2.55. The molecule has 0 aromatic heterocycles. The van der Waals surface area contributed by atoms with Crippen molar-refractivity contribution in [2.45, 2.75) is 402 Å². The van der Waals surface area contributed by atoms with E-state index in [0.717, 1.165) is 44.9 Å². The lowest BCUT2D eigenvalue weighted by Gasteiger charge is -2.46. The van der Waals surface area contributed by atoms with Gasteiger partial charge in [-0.05, 0) is 44.9 Å². The van der Waals surface area contributed by atoms with Crippen molar-refractivity contribution < 1.29 is 64.6 Å². The number of carbonyl (C=O) groups is 1. The van der Waals surface area contributed by atoms with Crippen LogP contribution in [-0.4, -0.2) is 140 Å². The third-order valence-corrected chi connectivity index (χ3v) is 18.1. The number of amides is 1. The van der Waals surface area contributed by atoms with Gasteiger partial charge in [0.15, 0.2) is 12.6 Å². The molecule has 14 nitrogen and oxygen atoms in total. The predicted octanol–water partition coefficient (Wildman–Crippen LogP) is 15.3. The molecule has 0 aromatic carbocycles. The Labute approximate surface area is 531 Å². The molecule has 0 aliphatic carbocycles. The summed E-state index contributed by atoms with van der Waals surface area (Å²) in [6.07, 6.45) is 57.9. The molecular formula is C73H137NO13. The lowest BCUT2D eigenvalue weighted by atomic mass is 9.97. The van der Waals surface area contributed by atoms with Crippen LogP contribution >= 0.6 is 0 Å². The van der Waals surface area contributed by atoms with Crippen LogP contribution in [0.1, 0.15) is 328 Å². The molecule has 1 amide bonds. The smallest absolute Gasteiger partial charge is 0.220 e. The van der Waals surface area contributed by atoms with Crippen LogP contribution in [-0.2, 0) is 23.7 Å². The Morgan fingerprint density at radius 1 is 0.402 bits per heavy atom. The van der Waals surface area contributed by atoms with Crippen molar-refractivity contribution in [2.75, 3.05) is 19.8 Å². The van der Waals surface area contributed by atoms with Crippen LogP contribution in [0.3, 0.4) is 0 Å². The van der Waals surface area contributed by atoms with Gasteiger partial charge >= 0.3 is 0 Å². The molecule has 2 rings (SSSR count). The fourth-order valence-electron chi connectivity index (χ4n) is 12.2. The molecule has 2 fully saturated rings. The monoisotopic (exact) mass is 1240 g/mol. The molecule has 0 radical (unpaired) electrons. The van der Waals surface area contributed by atoms with Crippen molar-refractivity contribution in [1.82, 2.24) is 5.32 Å². The van der Waals surface area contributed by atoms with Gasteiger partial charge < -0.3 is 65.1 Å². The largest absolute Gasteiger partial charge is 0.394 e. The van der Waals surface area contributed by atoms with E-state index in [4.69, 9.17) is 18.9 Å². The van der Waals surface area contributed by atoms with E-state index in [1.54, 1.807) is 6.08 Å². The molecule has 512 valence electrons. The molecule has 9 N–H and O–H groups in total. The molecule has 2 heterocycles. The Balaban J connectivity index is 1.69. The van der Waals surface area contributed by atoms with Gasteiger partial charge in [-0.2, -0.15) is 0 Å². The highest BCUT2D eigenvalue weighted by molar-refractivity contribution is 5.76. The Morgan fingerprint density at radius 2 is 0.736 bits per heavy atom. The zero-order chi connectivity index (χ0) is 63.1. The number of rotatable bonds is 61. The van der Waals surface area contributed by atoms with Crippen molar-refractivity contribution in [3.8, 4) is 0 Å². The number of aliphatic hydroxyl groups excluding tert-OH is 8. The summed E-state index contributed by atoms with van der Waals surface area (Å²) >= 11 is 0. The minimum atomic E-state index is -1.79. The molecule has 14 heteroatoms. The predicted molar refractivity (Wildman–Crippen MR) is 355 cm³/mol. The molecule has 2 aliphatic heterocycles. The Morgan fingerprint density at radius 3 is 1.13 bits per heavy atom. The summed E-state index contributed by atoms with van der Waals surface area (Å²) in [5.74, 6) is -0.246. The molecule has 2 aliphatic rings. The van der Waals surface area contributed by atoms with Gasteiger partial charge in [0, 0.05) is 6.42 Å². The first-order chi connectivity index (χ1) is 42.6. The van der Waals surface area contributed by atoms with Gasteiger partial charge in [0.1, 0.15) is 48.8 Å². The number of nitrogens with one attached hydrogen (secondary N) is 1. The summed E-state index contributed by atoms with van der Waals surface area (Å²) < 4.78 is 22.9. The molecule has 0 saturated carbocycles. The van der Waals surface area contributed by atoms with E-state index in [-0.39, 0.29) is 18.9 Å². The highest BCUT2D eigenvalue weighted by Gasteiger charge is 2.51. The van der Waals surface area contributed by atoms with Crippen molar-refractivity contribution >= 4 is 5.91 Å². The Bertz CT molecular complexity index is 1600. The first-order valence-corrected chi connectivity index (χ1v) is 36.7. The van der Waals surface area contributed by atoms with Crippen LogP contribution in [0.2, 0.25) is 0 Å². The Kier molecular flexibility index (Phi) is 54.3. The van der Waals surface area contributed by atoms with Crippen molar-refractivity contribution in [1.29, 1.82) is 0 Å². The second-order valence-corrected chi connectivity index (χ2v) is 26.1. The maximum Gasteiger partial charge on any atom is 0.220 e. The summed E-state index contributed by atoms with van der Waals surface area (Å²) in [6.45, 7) is 2.83.